The van der Waals surface area contributed by atoms with Crippen molar-refractivity contribution >= 4 is 43.5 Å². The average molecular weight is 384 g/mol. The third-order valence-corrected chi connectivity index (χ3v) is 5.04. The van der Waals surface area contributed by atoms with Crippen LogP contribution in [0.5, 0.6) is 0 Å². The minimum atomic E-state index is -3.90. The minimum Gasteiger partial charge on any atom is -0.352 e. The number of benzene rings is 1. The topological polar surface area (TPSA) is 89.3 Å². The summed E-state index contributed by atoms with van der Waals surface area (Å²) in [4.78, 5) is 11.9. The number of sulfonamides is 1. The van der Waals surface area contributed by atoms with Crippen LogP contribution in [0.3, 0.4) is 0 Å². The number of carbonyl (C=O) groups is 1. The van der Waals surface area contributed by atoms with E-state index in [9.17, 15) is 13.2 Å². The Labute approximate surface area is 132 Å². The van der Waals surface area contributed by atoms with E-state index in [-0.39, 0.29) is 15.5 Å². The quantitative estimate of drug-likeness (QED) is 0.818. The molecule has 0 fully saturated rings. The zero-order valence-corrected chi connectivity index (χ0v) is 14.3. The lowest BCUT2D eigenvalue weighted by molar-refractivity contribution is 0.0947. The van der Waals surface area contributed by atoms with E-state index >= 15 is 0 Å². The molecule has 1 aromatic rings. The van der Waals surface area contributed by atoms with Gasteiger partial charge in [-0.05, 0) is 34.0 Å². The molecule has 1 unspecified atom stereocenters. The van der Waals surface area contributed by atoms with E-state index < -0.39 is 15.9 Å². The van der Waals surface area contributed by atoms with Crippen LogP contribution in [0, 0.1) is 5.92 Å². The van der Waals surface area contributed by atoms with Crippen molar-refractivity contribution < 1.29 is 13.2 Å². The van der Waals surface area contributed by atoms with Crippen molar-refractivity contribution in [3.63, 3.8) is 0 Å². The number of hydrogen-bond donors (Lipinski definition) is 2. The summed E-state index contributed by atoms with van der Waals surface area (Å²) in [5.41, 5.74) is 0.0772. The SMILES string of the molecule is CCC(C)CNC(=O)c1cc(S(N)(=O)=O)cc(Br)c1Cl. The molecule has 0 radical (unpaired) electrons. The van der Waals surface area contributed by atoms with Crippen LogP contribution in [0.25, 0.3) is 0 Å². The molecule has 0 heterocycles. The molecule has 8 heteroatoms. The zero-order chi connectivity index (χ0) is 15.5. The molecule has 0 bridgehead atoms. The number of primary sulfonamides is 1. The summed E-state index contributed by atoms with van der Waals surface area (Å²) in [5.74, 6) is -0.107. The molecular weight excluding hydrogens is 368 g/mol. The van der Waals surface area contributed by atoms with Gasteiger partial charge in [-0.15, -0.1) is 0 Å². The Morgan fingerprint density at radius 3 is 2.60 bits per heavy atom. The van der Waals surface area contributed by atoms with Gasteiger partial charge < -0.3 is 5.32 Å². The molecular formula is C12H16BrClN2O3S. The Morgan fingerprint density at radius 1 is 1.50 bits per heavy atom. The fourth-order valence-electron chi connectivity index (χ4n) is 1.40. The molecule has 3 N–H and O–H groups in total. The van der Waals surface area contributed by atoms with Crippen LogP contribution in [0.4, 0.5) is 0 Å². The van der Waals surface area contributed by atoms with Crippen molar-refractivity contribution in [2.45, 2.75) is 25.2 Å². The van der Waals surface area contributed by atoms with E-state index in [2.05, 4.69) is 21.2 Å². The number of halogens is 2. The molecule has 1 atom stereocenters. The van der Waals surface area contributed by atoms with Gasteiger partial charge in [0.1, 0.15) is 0 Å². The van der Waals surface area contributed by atoms with Gasteiger partial charge >= 0.3 is 0 Å². The Kier molecular flexibility index (Phi) is 6.00. The van der Waals surface area contributed by atoms with Gasteiger partial charge in [-0.25, -0.2) is 13.6 Å². The third-order valence-electron chi connectivity index (χ3n) is 2.88. The fourth-order valence-corrected chi connectivity index (χ4v) is 2.77. The second-order valence-corrected chi connectivity index (χ2v) is 7.33. The lowest BCUT2D eigenvalue weighted by Gasteiger charge is -2.12. The van der Waals surface area contributed by atoms with Crippen molar-refractivity contribution in [2.75, 3.05) is 6.54 Å². The maximum atomic E-state index is 12.1. The number of amides is 1. The van der Waals surface area contributed by atoms with Gasteiger partial charge in [0.15, 0.2) is 0 Å². The Hall–Kier alpha value is -0.630. The second kappa shape index (κ2) is 6.89. The van der Waals surface area contributed by atoms with E-state index in [1.54, 1.807) is 0 Å². The molecule has 0 saturated carbocycles. The summed E-state index contributed by atoms with van der Waals surface area (Å²) in [6.07, 6.45) is 0.926. The molecule has 1 rings (SSSR count). The number of nitrogens with one attached hydrogen (secondary N) is 1. The number of carbonyl (C=O) groups excluding carboxylic acids is 1. The van der Waals surface area contributed by atoms with E-state index in [1.165, 1.54) is 12.1 Å². The zero-order valence-electron chi connectivity index (χ0n) is 11.1. The average Bonchev–Trinajstić information content (AvgIpc) is 2.37. The monoisotopic (exact) mass is 382 g/mol. The van der Waals surface area contributed by atoms with Crippen LogP contribution in [0.2, 0.25) is 5.02 Å². The third kappa shape index (κ3) is 4.44. The number of nitrogens with two attached hydrogens (primary N) is 1. The summed E-state index contributed by atoms with van der Waals surface area (Å²) < 4.78 is 23.0. The van der Waals surface area contributed by atoms with E-state index in [1.807, 2.05) is 13.8 Å². The molecule has 0 aromatic heterocycles. The first-order valence-electron chi connectivity index (χ1n) is 5.96. The number of hydrogen-bond acceptors (Lipinski definition) is 3. The first-order chi connectivity index (χ1) is 9.16. The summed E-state index contributed by atoms with van der Waals surface area (Å²) >= 11 is 9.14. The largest absolute Gasteiger partial charge is 0.352 e. The predicted molar refractivity (Wildman–Crippen MR) is 82.3 cm³/mol. The lowest BCUT2D eigenvalue weighted by Crippen LogP contribution is -2.28. The van der Waals surface area contributed by atoms with Gasteiger partial charge in [0.2, 0.25) is 10.0 Å². The van der Waals surface area contributed by atoms with Crippen molar-refractivity contribution in [3.05, 3.63) is 27.2 Å². The lowest BCUT2D eigenvalue weighted by atomic mass is 10.1. The Morgan fingerprint density at radius 2 is 2.10 bits per heavy atom. The van der Waals surface area contributed by atoms with Gasteiger partial charge in [-0.1, -0.05) is 31.9 Å². The van der Waals surface area contributed by atoms with Crippen LogP contribution < -0.4 is 10.5 Å². The molecule has 0 aliphatic carbocycles. The minimum absolute atomic E-state index is 0.0772. The van der Waals surface area contributed by atoms with Crippen LogP contribution in [-0.2, 0) is 10.0 Å². The maximum absolute atomic E-state index is 12.1. The highest BCUT2D eigenvalue weighted by molar-refractivity contribution is 9.10. The molecule has 0 aliphatic rings. The summed E-state index contributed by atoms with van der Waals surface area (Å²) in [6, 6.07) is 2.44. The summed E-state index contributed by atoms with van der Waals surface area (Å²) in [7, 11) is -3.90. The molecule has 0 saturated heterocycles. The van der Waals surface area contributed by atoms with Gasteiger partial charge in [0.25, 0.3) is 5.91 Å². The van der Waals surface area contributed by atoms with Crippen LogP contribution in [0.15, 0.2) is 21.5 Å². The van der Waals surface area contributed by atoms with Gasteiger partial charge in [-0.3, -0.25) is 4.79 Å². The van der Waals surface area contributed by atoms with Gasteiger partial charge in [0.05, 0.1) is 15.5 Å². The highest BCUT2D eigenvalue weighted by Crippen LogP contribution is 2.29. The first kappa shape index (κ1) is 17.4. The molecule has 1 aromatic carbocycles. The van der Waals surface area contributed by atoms with Crippen molar-refractivity contribution in [1.82, 2.24) is 5.32 Å². The molecule has 0 aliphatic heterocycles. The highest BCUT2D eigenvalue weighted by atomic mass is 79.9. The van der Waals surface area contributed by atoms with Crippen molar-refractivity contribution in [2.24, 2.45) is 11.1 Å². The molecule has 5 nitrogen and oxygen atoms in total. The van der Waals surface area contributed by atoms with Crippen LogP contribution in [0.1, 0.15) is 30.6 Å². The van der Waals surface area contributed by atoms with Crippen molar-refractivity contribution in [1.29, 1.82) is 0 Å². The maximum Gasteiger partial charge on any atom is 0.252 e. The second-order valence-electron chi connectivity index (χ2n) is 4.54. The normalized spacial score (nSPS) is 13.1. The highest BCUT2D eigenvalue weighted by Gasteiger charge is 2.19. The van der Waals surface area contributed by atoms with E-state index in [0.29, 0.717) is 16.9 Å². The van der Waals surface area contributed by atoms with Crippen molar-refractivity contribution in [3.8, 4) is 0 Å². The number of rotatable bonds is 5. The van der Waals surface area contributed by atoms with E-state index in [4.69, 9.17) is 16.7 Å². The van der Waals surface area contributed by atoms with Crippen LogP contribution in [-0.4, -0.2) is 20.9 Å². The molecule has 112 valence electrons. The Balaban J connectivity index is 3.11. The van der Waals surface area contributed by atoms with E-state index in [0.717, 1.165) is 6.42 Å². The van der Waals surface area contributed by atoms with Crippen LogP contribution >= 0.6 is 27.5 Å². The summed E-state index contributed by atoms with van der Waals surface area (Å²) in [6.45, 7) is 4.50. The smallest absolute Gasteiger partial charge is 0.252 e. The van der Waals surface area contributed by atoms with Gasteiger partial charge in [0, 0.05) is 11.0 Å². The standard InChI is InChI=1S/C12H16BrClN2O3S/c1-3-7(2)6-16-12(17)9-4-8(20(15,18)19)5-10(13)11(9)14/h4-5,7H,3,6H2,1-2H3,(H,16,17)(H2,15,18,19). The summed E-state index contributed by atoms with van der Waals surface area (Å²) in [5, 5.41) is 7.93. The molecule has 0 spiro atoms. The molecule has 1 amide bonds. The fraction of sp³-hybridized carbons (Fsp3) is 0.417. The predicted octanol–water partition coefficient (Wildman–Crippen LogP) is 2.53. The Bertz CT molecular complexity index is 619. The first-order valence-corrected chi connectivity index (χ1v) is 8.68. The van der Waals surface area contributed by atoms with Gasteiger partial charge in [-0.2, -0.15) is 0 Å². The molecule has 20 heavy (non-hydrogen) atoms.